The second-order valence-corrected chi connectivity index (χ2v) is 20.0. The Hall–Kier alpha value is -5.68. The minimum atomic E-state index is -0.719. The first-order valence-corrected chi connectivity index (χ1v) is 21.1. The SMILES string of the molecule is Cc1ccc2c(c1)C(C)(C)c1cc(C)c(Oc3cc(C4=N[C@]5(C)c6ccccc6Cc6ccccc6[C@]5(C)O4)cc(C(C)(C)C)c3)cc1N2c1cc(C(C)(C)C)ccn1. The maximum Gasteiger partial charge on any atom is 0.218 e. The van der Waals surface area contributed by atoms with Crippen molar-refractivity contribution in [2.45, 2.75) is 117 Å². The number of hydrogen-bond donors (Lipinski definition) is 0. The number of benzene rings is 5. The predicted octanol–water partition coefficient (Wildman–Crippen LogP) is 13.7. The molecule has 5 nitrogen and oxygen atoms in total. The molecule has 1 aliphatic carbocycles. The van der Waals surface area contributed by atoms with E-state index in [-0.39, 0.29) is 16.2 Å². The van der Waals surface area contributed by atoms with Crippen molar-refractivity contribution in [1.29, 1.82) is 0 Å². The molecule has 0 spiro atoms. The highest BCUT2D eigenvalue weighted by Crippen LogP contribution is 2.56. The van der Waals surface area contributed by atoms with E-state index < -0.39 is 11.1 Å². The van der Waals surface area contributed by atoms with Crippen LogP contribution in [0.5, 0.6) is 11.5 Å². The summed E-state index contributed by atoms with van der Waals surface area (Å²) < 4.78 is 14.3. The third-order valence-corrected chi connectivity index (χ3v) is 13.4. The Kier molecular flexibility index (Phi) is 8.66. The highest BCUT2D eigenvalue weighted by Gasteiger charge is 2.57. The van der Waals surface area contributed by atoms with E-state index >= 15 is 0 Å². The molecule has 0 saturated heterocycles. The topological polar surface area (TPSA) is 47.0 Å². The van der Waals surface area contributed by atoms with E-state index in [0.717, 1.165) is 51.8 Å². The Morgan fingerprint density at radius 1 is 0.644 bits per heavy atom. The zero-order valence-electron chi connectivity index (χ0n) is 36.8. The number of nitrogens with zero attached hydrogens (tertiary/aromatic N) is 3. The van der Waals surface area contributed by atoms with Crippen molar-refractivity contribution in [2.24, 2.45) is 4.99 Å². The Labute approximate surface area is 351 Å². The number of fused-ring (bicyclic) bond motifs is 7. The Morgan fingerprint density at radius 2 is 1.31 bits per heavy atom. The number of hydrogen-bond acceptors (Lipinski definition) is 5. The number of aromatic nitrogens is 1. The van der Waals surface area contributed by atoms with E-state index in [1.54, 1.807) is 0 Å². The minimum Gasteiger partial charge on any atom is -0.463 e. The summed E-state index contributed by atoms with van der Waals surface area (Å²) in [6.45, 7) is 26.9. The van der Waals surface area contributed by atoms with Gasteiger partial charge < -0.3 is 9.47 Å². The monoisotopic (exact) mass is 779 g/mol. The molecule has 9 rings (SSSR count). The summed E-state index contributed by atoms with van der Waals surface area (Å²) in [6.07, 6.45) is 2.79. The molecule has 0 bridgehead atoms. The van der Waals surface area contributed by atoms with Crippen LogP contribution in [-0.2, 0) is 38.5 Å². The van der Waals surface area contributed by atoms with Crippen molar-refractivity contribution >= 4 is 23.1 Å². The average molecular weight is 780 g/mol. The van der Waals surface area contributed by atoms with Gasteiger partial charge in [-0.15, -0.1) is 0 Å². The number of rotatable bonds is 4. The quantitative estimate of drug-likeness (QED) is 0.179. The molecule has 0 unspecified atom stereocenters. The van der Waals surface area contributed by atoms with Crippen LogP contribution in [-0.4, -0.2) is 10.9 Å². The number of pyridine rings is 1. The minimum absolute atomic E-state index is 0.0328. The molecule has 1 aromatic heterocycles. The fourth-order valence-corrected chi connectivity index (χ4v) is 9.57. The Balaban J connectivity index is 1.18. The van der Waals surface area contributed by atoms with Gasteiger partial charge in [-0.3, -0.25) is 4.90 Å². The highest BCUT2D eigenvalue weighted by atomic mass is 16.5. The summed E-state index contributed by atoms with van der Waals surface area (Å²) in [5, 5.41) is 0. The standard InChI is InChI=1S/C54H57N3O2/c1-33-21-22-45-43(25-33)52(9,10)44-26-34(2)47(32-46(44)57(45)48-31-38(23-24-55-48)50(3,4)5)58-40-29-37(28-39(30-40)51(6,7)8)49-56-53(11)41-19-15-13-17-35(41)27-36-18-14-16-20-42(36)54(53,12)59-49/h13-26,28-32H,27H2,1-12H3/t53-,54+/m1/s1. The van der Waals surface area contributed by atoms with Crippen LogP contribution < -0.4 is 9.64 Å². The first-order valence-electron chi connectivity index (χ1n) is 21.1. The second kappa shape index (κ2) is 13.2. The zero-order chi connectivity index (χ0) is 41.9. The highest BCUT2D eigenvalue weighted by molar-refractivity contribution is 5.97. The van der Waals surface area contributed by atoms with Gasteiger partial charge in [0.05, 0.1) is 11.4 Å². The van der Waals surface area contributed by atoms with Crippen LogP contribution in [0.25, 0.3) is 0 Å². The lowest BCUT2D eigenvalue weighted by molar-refractivity contribution is 0.0289. The van der Waals surface area contributed by atoms with E-state index in [0.29, 0.717) is 5.90 Å². The van der Waals surface area contributed by atoms with Crippen molar-refractivity contribution in [3.8, 4) is 11.5 Å². The molecule has 59 heavy (non-hydrogen) atoms. The number of aryl methyl sites for hydroxylation is 2. The van der Waals surface area contributed by atoms with Crippen molar-refractivity contribution in [1.82, 2.24) is 4.98 Å². The van der Waals surface area contributed by atoms with Gasteiger partial charge >= 0.3 is 0 Å². The smallest absolute Gasteiger partial charge is 0.218 e. The Bertz CT molecular complexity index is 2710. The first kappa shape index (κ1) is 38.8. The van der Waals surface area contributed by atoms with Crippen LogP contribution in [0.4, 0.5) is 17.2 Å². The van der Waals surface area contributed by atoms with E-state index in [2.05, 4.69) is 197 Å². The van der Waals surface area contributed by atoms with E-state index in [4.69, 9.17) is 19.5 Å². The van der Waals surface area contributed by atoms with E-state index in [1.165, 1.54) is 44.5 Å². The fraction of sp³-hybridized carbons (Fsp3) is 0.333. The predicted molar refractivity (Wildman–Crippen MR) is 242 cm³/mol. The van der Waals surface area contributed by atoms with Crippen LogP contribution in [0, 0.1) is 13.8 Å². The van der Waals surface area contributed by atoms with Crippen LogP contribution >= 0.6 is 0 Å². The van der Waals surface area contributed by atoms with Crippen LogP contribution in [0.15, 0.2) is 120 Å². The van der Waals surface area contributed by atoms with Gasteiger partial charge in [-0.1, -0.05) is 122 Å². The average Bonchev–Trinajstić information content (AvgIpc) is 3.43. The first-order chi connectivity index (χ1) is 27.8. The molecule has 0 saturated carbocycles. The van der Waals surface area contributed by atoms with Gasteiger partial charge in [-0.2, -0.15) is 0 Å². The maximum absolute atomic E-state index is 7.22. The normalized spacial score (nSPS) is 20.3. The van der Waals surface area contributed by atoms with Gasteiger partial charge in [0.2, 0.25) is 5.90 Å². The third-order valence-electron chi connectivity index (χ3n) is 13.4. The molecule has 6 aromatic rings. The van der Waals surface area contributed by atoms with Gasteiger partial charge in [0.25, 0.3) is 0 Å². The molecular weight excluding hydrogens is 723 g/mol. The van der Waals surface area contributed by atoms with E-state index in [9.17, 15) is 0 Å². The molecule has 5 heteroatoms. The zero-order valence-corrected chi connectivity index (χ0v) is 36.8. The lowest BCUT2D eigenvalue weighted by Crippen LogP contribution is -2.42. The summed E-state index contributed by atoms with van der Waals surface area (Å²) in [5.41, 5.74) is 13.4. The van der Waals surface area contributed by atoms with Gasteiger partial charge in [0.1, 0.15) is 22.9 Å². The lowest BCUT2D eigenvalue weighted by Gasteiger charge is -2.42. The fourth-order valence-electron chi connectivity index (χ4n) is 9.57. The molecule has 0 radical (unpaired) electrons. The van der Waals surface area contributed by atoms with E-state index in [1.807, 2.05) is 6.20 Å². The Morgan fingerprint density at radius 3 is 2.02 bits per heavy atom. The van der Waals surface area contributed by atoms with Crippen molar-refractivity contribution in [2.75, 3.05) is 4.90 Å². The molecule has 0 N–H and O–H groups in total. The molecule has 3 aliphatic rings. The van der Waals surface area contributed by atoms with Crippen LogP contribution in [0.2, 0.25) is 0 Å². The molecule has 2 atom stereocenters. The largest absolute Gasteiger partial charge is 0.463 e. The van der Waals surface area contributed by atoms with Crippen molar-refractivity contribution in [3.63, 3.8) is 0 Å². The van der Waals surface area contributed by atoms with Gasteiger partial charge in [-0.05, 0) is 132 Å². The summed E-state index contributed by atoms with van der Waals surface area (Å²) in [7, 11) is 0. The number of ether oxygens (including phenoxy) is 2. The lowest BCUT2D eigenvalue weighted by atomic mass is 9.72. The molecule has 0 amide bonds. The van der Waals surface area contributed by atoms with Crippen LogP contribution in [0.1, 0.15) is 130 Å². The van der Waals surface area contributed by atoms with Crippen LogP contribution in [0.3, 0.4) is 0 Å². The summed E-state index contributed by atoms with van der Waals surface area (Å²) >= 11 is 0. The molecule has 5 aromatic carbocycles. The molecule has 0 fully saturated rings. The maximum atomic E-state index is 7.22. The van der Waals surface area contributed by atoms with Gasteiger partial charge in [-0.25, -0.2) is 9.98 Å². The van der Waals surface area contributed by atoms with Gasteiger partial charge in [0, 0.05) is 28.8 Å². The summed E-state index contributed by atoms with van der Waals surface area (Å²) in [5.74, 6) is 3.06. The molecule has 300 valence electrons. The van der Waals surface area contributed by atoms with Crippen molar-refractivity contribution < 1.29 is 9.47 Å². The summed E-state index contributed by atoms with van der Waals surface area (Å²) in [6, 6.07) is 39.6. The van der Waals surface area contributed by atoms with Gasteiger partial charge in [0.15, 0.2) is 5.60 Å². The number of anilines is 3. The molecular formula is C54H57N3O2. The third kappa shape index (κ3) is 6.19. The van der Waals surface area contributed by atoms with Crippen molar-refractivity contribution in [3.05, 3.63) is 177 Å². The molecule has 2 aliphatic heterocycles. The molecule has 3 heterocycles. The summed E-state index contributed by atoms with van der Waals surface area (Å²) in [4.78, 5) is 12.9. The number of aliphatic imine (C=N–C) groups is 1. The second-order valence-electron chi connectivity index (χ2n) is 20.0.